The van der Waals surface area contributed by atoms with Gasteiger partial charge in [-0.15, -0.1) is 0 Å². The van der Waals surface area contributed by atoms with Crippen molar-refractivity contribution in [1.82, 2.24) is 9.97 Å². The Hall–Kier alpha value is -3.47. The minimum Gasteiger partial charge on any atom is -0.505 e. The van der Waals surface area contributed by atoms with Crippen molar-refractivity contribution in [2.24, 2.45) is 0 Å². The molecule has 5 heteroatoms. The van der Waals surface area contributed by atoms with Crippen molar-refractivity contribution < 1.29 is 9.50 Å². The van der Waals surface area contributed by atoms with E-state index in [1.54, 1.807) is 6.07 Å². The monoisotopic (exact) mass is 373 g/mol. The number of phenolic OH excluding ortho intramolecular Hbond substituents is 1. The van der Waals surface area contributed by atoms with Crippen molar-refractivity contribution >= 4 is 16.7 Å². The zero-order valence-electron chi connectivity index (χ0n) is 15.6. The minimum absolute atomic E-state index is 0.0793. The van der Waals surface area contributed by atoms with Gasteiger partial charge >= 0.3 is 0 Å². The quantitative estimate of drug-likeness (QED) is 0.510. The predicted octanol–water partition coefficient (Wildman–Crippen LogP) is 5.29. The third-order valence-electron chi connectivity index (χ3n) is 4.68. The number of halogens is 1. The molecule has 0 aliphatic heterocycles. The maximum Gasteiger partial charge on any atom is 0.147 e. The van der Waals surface area contributed by atoms with Gasteiger partial charge in [-0.25, -0.2) is 14.4 Å². The number of aromatic nitrogens is 2. The van der Waals surface area contributed by atoms with Gasteiger partial charge in [0.25, 0.3) is 0 Å². The SMILES string of the molecule is Cc1cccc(N[C@H](c2cccc(F)c2)c2ccc3ccc(C)nc3c2O)n1. The average Bonchev–Trinajstić information content (AvgIpc) is 2.67. The highest BCUT2D eigenvalue weighted by molar-refractivity contribution is 5.86. The molecule has 0 radical (unpaired) electrons. The number of rotatable bonds is 4. The lowest BCUT2D eigenvalue weighted by atomic mass is 9.96. The fraction of sp³-hybridized carbons (Fsp3) is 0.130. The molecule has 0 aliphatic carbocycles. The van der Waals surface area contributed by atoms with Crippen molar-refractivity contribution in [3.8, 4) is 5.75 Å². The van der Waals surface area contributed by atoms with Crippen LogP contribution in [0, 0.1) is 19.7 Å². The van der Waals surface area contributed by atoms with Gasteiger partial charge in [-0.05, 0) is 49.7 Å². The zero-order valence-corrected chi connectivity index (χ0v) is 15.6. The number of phenols is 1. The molecule has 0 saturated carbocycles. The molecule has 28 heavy (non-hydrogen) atoms. The van der Waals surface area contributed by atoms with E-state index < -0.39 is 6.04 Å². The molecule has 0 amide bonds. The topological polar surface area (TPSA) is 58.0 Å². The predicted molar refractivity (Wildman–Crippen MR) is 109 cm³/mol. The van der Waals surface area contributed by atoms with Crippen LogP contribution >= 0.6 is 0 Å². The summed E-state index contributed by atoms with van der Waals surface area (Å²) < 4.78 is 13.9. The molecule has 0 unspecified atom stereocenters. The van der Waals surface area contributed by atoms with Crippen LogP contribution in [-0.2, 0) is 0 Å². The molecule has 0 bridgehead atoms. The van der Waals surface area contributed by atoms with Crippen LogP contribution in [0.3, 0.4) is 0 Å². The second kappa shape index (κ2) is 7.27. The van der Waals surface area contributed by atoms with Crippen LogP contribution in [0.4, 0.5) is 10.2 Å². The first-order chi connectivity index (χ1) is 13.5. The number of pyridine rings is 2. The zero-order chi connectivity index (χ0) is 19.7. The Morgan fingerprint density at radius 3 is 2.43 bits per heavy atom. The van der Waals surface area contributed by atoms with Crippen LogP contribution in [-0.4, -0.2) is 15.1 Å². The van der Waals surface area contributed by atoms with Gasteiger partial charge < -0.3 is 10.4 Å². The van der Waals surface area contributed by atoms with Crippen molar-refractivity contribution in [2.45, 2.75) is 19.9 Å². The van der Waals surface area contributed by atoms with E-state index in [2.05, 4.69) is 15.3 Å². The number of hydrogen-bond acceptors (Lipinski definition) is 4. The summed E-state index contributed by atoms with van der Waals surface area (Å²) in [6, 6.07) is 19.1. The Balaban J connectivity index is 1.87. The van der Waals surface area contributed by atoms with Gasteiger partial charge in [0.05, 0.1) is 6.04 Å². The highest BCUT2D eigenvalue weighted by Gasteiger charge is 2.21. The van der Waals surface area contributed by atoms with Crippen LogP contribution in [0.5, 0.6) is 5.75 Å². The number of anilines is 1. The minimum atomic E-state index is -0.489. The number of fused-ring (bicyclic) bond motifs is 1. The fourth-order valence-corrected chi connectivity index (χ4v) is 3.32. The highest BCUT2D eigenvalue weighted by atomic mass is 19.1. The number of benzene rings is 2. The molecule has 0 spiro atoms. The summed E-state index contributed by atoms with van der Waals surface area (Å²) in [6.45, 7) is 3.78. The van der Waals surface area contributed by atoms with Crippen molar-refractivity contribution in [3.63, 3.8) is 0 Å². The van der Waals surface area contributed by atoms with Crippen LogP contribution < -0.4 is 5.32 Å². The van der Waals surface area contributed by atoms with E-state index in [0.29, 0.717) is 22.5 Å². The van der Waals surface area contributed by atoms with E-state index in [1.807, 2.05) is 62.4 Å². The fourth-order valence-electron chi connectivity index (χ4n) is 3.32. The van der Waals surface area contributed by atoms with Crippen LogP contribution in [0.2, 0.25) is 0 Å². The molecular weight excluding hydrogens is 353 g/mol. The number of hydrogen-bond donors (Lipinski definition) is 2. The summed E-state index contributed by atoms with van der Waals surface area (Å²) >= 11 is 0. The molecule has 0 fully saturated rings. The van der Waals surface area contributed by atoms with Crippen LogP contribution in [0.15, 0.2) is 66.7 Å². The van der Waals surface area contributed by atoms with Gasteiger partial charge in [0.2, 0.25) is 0 Å². The van der Waals surface area contributed by atoms with Crippen molar-refractivity contribution in [1.29, 1.82) is 0 Å². The maximum absolute atomic E-state index is 13.9. The number of nitrogens with one attached hydrogen (secondary N) is 1. The highest BCUT2D eigenvalue weighted by Crippen LogP contribution is 2.36. The molecule has 2 aromatic carbocycles. The molecular formula is C23H20FN3O. The van der Waals surface area contributed by atoms with Gasteiger partial charge in [-0.3, -0.25) is 0 Å². The van der Waals surface area contributed by atoms with Gasteiger partial charge in [-0.1, -0.05) is 36.4 Å². The van der Waals surface area contributed by atoms with E-state index in [9.17, 15) is 9.50 Å². The largest absolute Gasteiger partial charge is 0.505 e. The lowest BCUT2D eigenvalue weighted by Crippen LogP contribution is -2.14. The summed E-state index contributed by atoms with van der Waals surface area (Å²) in [5.74, 6) is 0.386. The molecule has 2 N–H and O–H groups in total. The summed E-state index contributed by atoms with van der Waals surface area (Å²) in [5, 5.41) is 15.2. The third-order valence-corrected chi connectivity index (χ3v) is 4.68. The van der Waals surface area contributed by atoms with E-state index in [-0.39, 0.29) is 11.6 Å². The lowest BCUT2D eigenvalue weighted by molar-refractivity contribution is 0.471. The summed E-state index contributed by atoms with van der Waals surface area (Å²) in [6.07, 6.45) is 0. The van der Waals surface area contributed by atoms with Gasteiger partial charge in [0.1, 0.15) is 22.9 Å². The van der Waals surface area contributed by atoms with E-state index in [4.69, 9.17) is 0 Å². The summed E-state index contributed by atoms with van der Waals surface area (Å²) in [7, 11) is 0. The van der Waals surface area contributed by atoms with Crippen LogP contribution in [0.1, 0.15) is 28.6 Å². The molecule has 140 valence electrons. The maximum atomic E-state index is 13.9. The first-order valence-corrected chi connectivity index (χ1v) is 9.06. The summed E-state index contributed by atoms with van der Waals surface area (Å²) in [4.78, 5) is 8.97. The average molecular weight is 373 g/mol. The Labute approximate surface area is 162 Å². The Morgan fingerprint density at radius 2 is 1.64 bits per heavy atom. The van der Waals surface area contributed by atoms with Gasteiger partial charge in [-0.2, -0.15) is 0 Å². The first kappa shape index (κ1) is 17.9. The lowest BCUT2D eigenvalue weighted by Gasteiger charge is -2.22. The number of aromatic hydroxyl groups is 1. The standard InChI is InChI=1S/C23H20FN3O/c1-14-5-3-8-20(25-14)27-21(17-6-4-7-18(24)13-17)19-12-11-16-10-9-15(2)26-22(16)23(19)28/h3-13,21,28H,1-2H3,(H,25,27)/t21-/m1/s1. The number of nitrogens with zero attached hydrogens (tertiary/aromatic N) is 2. The molecule has 4 aromatic rings. The molecule has 4 rings (SSSR count). The Morgan fingerprint density at radius 1 is 0.893 bits per heavy atom. The molecule has 0 aliphatic rings. The van der Waals surface area contributed by atoms with Gasteiger partial charge in [0, 0.05) is 22.3 Å². The molecule has 0 saturated heterocycles. The third kappa shape index (κ3) is 3.51. The Kier molecular flexibility index (Phi) is 4.65. The van der Waals surface area contributed by atoms with E-state index >= 15 is 0 Å². The second-order valence-electron chi connectivity index (χ2n) is 6.82. The molecule has 2 aromatic heterocycles. The van der Waals surface area contributed by atoms with E-state index in [0.717, 1.165) is 16.8 Å². The Bertz CT molecular complexity index is 1160. The van der Waals surface area contributed by atoms with Gasteiger partial charge in [0.15, 0.2) is 0 Å². The first-order valence-electron chi connectivity index (χ1n) is 9.06. The normalized spacial score (nSPS) is 12.1. The molecule has 1 atom stereocenters. The molecule has 2 heterocycles. The van der Waals surface area contributed by atoms with Crippen molar-refractivity contribution in [3.05, 3.63) is 95.1 Å². The second-order valence-corrected chi connectivity index (χ2v) is 6.82. The summed E-state index contributed by atoms with van der Waals surface area (Å²) in [5.41, 5.74) is 3.50. The number of aryl methyl sites for hydroxylation is 2. The smallest absolute Gasteiger partial charge is 0.147 e. The molecule has 4 nitrogen and oxygen atoms in total. The van der Waals surface area contributed by atoms with E-state index in [1.165, 1.54) is 12.1 Å². The van der Waals surface area contributed by atoms with Crippen LogP contribution in [0.25, 0.3) is 10.9 Å². The van der Waals surface area contributed by atoms with Crippen molar-refractivity contribution in [2.75, 3.05) is 5.32 Å².